The highest BCUT2D eigenvalue weighted by atomic mass is 32.1. The van der Waals surface area contributed by atoms with Gasteiger partial charge >= 0.3 is 0 Å². The first-order valence-corrected chi connectivity index (χ1v) is 9.24. The summed E-state index contributed by atoms with van der Waals surface area (Å²) in [6.07, 6.45) is 1.06. The predicted octanol–water partition coefficient (Wildman–Crippen LogP) is 6.76. The molecule has 0 saturated heterocycles. The highest BCUT2D eigenvalue weighted by Crippen LogP contribution is 2.42. The van der Waals surface area contributed by atoms with Gasteiger partial charge in [0.25, 0.3) is 0 Å². The molecule has 3 aromatic carbocycles. The molecule has 116 valence electrons. The number of fused-ring (bicyclic) bond motifs is 4. The molecule has 1 aliphatic carbocycles. The molecule has 0 fully saturated rings. The van der Waals surface area contributed by atoms with Crippen molar-refractivity contribution >= 4 is 22.1 Å². The largest absolute Gasteiger partial charge is 0.139 e. The summed E-state index contributed by atoms with van der Waals surface area (Å²) in [7, 11) is 0. The van der Waals surface area contributed by atoms with Gasteiger partial charge in [-0.25, -0.2) is 0 Å². The monoisotopic (exact) mass is 326 g/mol. The summed E-state index contributed by atoms with van der Waals surface area (Å²) >= 11 is 1.91. The van der Waals surface area contributed by atoms with Crippen LogP contribution in [0, 0.1) is 13.8 Å². The molecule has 0 nitrogen and oxygen atoms in total. The van der Waals surface area contributed by atoms with Gasteiger partial charge in [-0.2, -0.15) is 0 Å². The van der Waals surface area contributed by atoms with Gasteiger partial charge in [-0.15, -0.1) is 11.3 Å². The van der Waals surface area contributed by atoms with E-state index in [1.165, 1.54) is 53.9 Å². The number of hydrogen-bond acceptors (Lipinski definition) is 1. The van der Waals surface area contributed by atoms with Crippen LogP contribution in [0.15, 0.2) is 60.7 Å². The second-order valence-corrected chi connectivity index (χ2v) is 7.97. The van der Waals surface area contributed by atoms with Gasteiger partial charge in [0, 0.05) is 15.1 Å². The summed E-state index contributed by atoms with van der Waals surface area (Å²) in [5.74, 6) is 0. The SMILES string of the molecule is Cc1ccc2c(c1)Cc1cc(-c3sc(C)c4ccccc34)ccc1-2. The van der Waals surface area contributed by atoms with Crippen molar-refractivity contribution in [3.8, 4) is 21.6 Å². The minimum Gasteiger partial charge on any atom is -0.139 e. The molecule has 4 aromatic rings. The van der Waals surface area contributed by atoms with Gasteiger partial charge in [0.1, 0.15) is 0 Å². The molecular weight excluding hydrogens is 308 g/mol. The fourth-order valence-corrected chi connectivity index (χ4v) is 5.07. The molecule has 0 aliphatic heterocycles. The van der Waals surface area contributed by atoms with E-state index < -0.39 is 0 Å². The fourth-order valence-electron chi connectivity index (χ4n) is 3.95. The Morgan fingerprint density at radius 2 is 1.46 bits per heavy atom. The van der Waals surface area contributed by atoms with Gasteiger partial charge in [-0.1, -0.05) is 60.2 Å². The number of aryl methyl sites for hydroxylation is 2. The van der Waals surface area contributed by atoms with Crippen molar-refractivity contribution in [2.75, 3.05) is 0 Å². The van der Waals surface area contributed by atoms with Crippen LogP contribution in [0.4, 0.5) is 0 Å². The fraction of sp³-hybridized carbons (Fsp3) is 0.130. The van der Waals surface area contributed by atoms with Crippen LogP contribution in [-0.2, 0) is 6.42 Å². The highest BCUT2D eigenvalue weighted by molar-refractivity contribution is 7.17. The molecule has 0 N–H and O–H groups in total. The Morgan fingerprint density at radius 1 is 0.750 bits per heavy atom. The van der Waals surface area contributed by atoms with Crippen LogP contribution in [0.3, 0.4) is 0 Å². The molecule has 0 radical (unpaired) electrons. The van der Waals surface area contributed by atoms with E-state index in [0.29, 0.717) is 0 Å². The summed E-state index contributed by atoms with van der Waals surface area (Å²) in [6, 6.07) is 22.6. The summed E-state index contributed by atoms with van der Waals surface area (Å²) < 4.78 is 0. The van der Waals surface area contributed by atoms with Gasteiger partial charge in [-0.3, -0.25) is 0 Å². The molecule has 1 aliphatic rings. The van der Waals surface area contributed by atoms with Crippen molar-refractivity contribution in [1.82, 2.24) is 0 Å². The molecule has 0 atom stereocenters. The maximum atomic E-state index is 2.41. The number of thiophene rings is 1. The molecule has 24 heavy (non-hydrogen) atoms. The van der Waals surface area contributed by atoms with Crippen molar-refractivity contribution in [1.29, 1.82) is 0 Å². The molecule has 0 bridgehead atoms. The van der Waals surface area contributed by atoms with E-state index in [2.05, 4.69) is 74.5 Å². The van der Waals surface area contributed by atoms with Crippen molar-refractivity contribution in [2.24, 2.45) is 0 Å². The summed E-state index contributed by atoms with van der Waals surface area (Å²) in [5.41, 5.74) is 8.45. The minimum atomic E-state index is 1.06. The number of rotatable bonds is 1. The summed E-state index contributed by atoms with van der Waals surface area (Å²) in [5, 5.41) is 2.77. The zero-order chi connectivity index (χ0) is 16.3. The van der Waals surface area contributed by atoms with Gasteiger partial charge in [0.2, 0.25) is 0 Å². The minimum absolute atomic E-state index is 1.06. The Hall–Kier alpha value is -2.38. The normalized spacial score (nSPS) is 12.4. The van der Waals surface area contributed by atoms with Crippen molar-refractivity contribution in [3.63, 3.8) is 0 Å². The van der Waals surface area contributed by atoms with Crippen LogP contribution < -0.4 is 0 Å². The molecule has 0 unspecified atom stereocenters. The van der Waals surface area contributed by atoms with E-state index >= 15 is 0 Å². The van der Waals surface area contributed by atoms with Crippen LogP contribution in [-0.4, -0.2) is 0 Å². The topological polar surface area (TPSA) is 0 Å². The molecule has 0 saturated carbocycles. The van der Waals surface area contributed by atoms with E-state index in [0.717, 1.165) is 6.42 Å². The standard InChI is InChI=1S/C23H18S/c1-14-7-9-20-17(11-14)13-18-12-16(8-10-21(18)20)23-22-6-4-3-5-19(22)15(2)24-23/h3-12H,13H2,1-2H3. The zero-order valence-electron chi connectivity index (χ0n) is 13.9. The summed E-state index contributed by atoms with van der Waals surface area (Å²) in [6.45, 7) is 4.40. The van der Waals surface area contributed by atoms with Gasteiger partial charge in [0.15, 0.2) is 0 Å². The van der Waals surface area contributed by atoms with Gasteiger partial charge < -0.3 is 0 Å². The second-order valence-electron chi connectivity index (χ2n) is 6.74. The average molecular weight is 326 g/mol. The van der Waals surface area contributed by atoms with Crippen molar-refractivity contribution in [3.05, 3.63) is 82.2 Å². The van der Waals surface area contributed by atoms with Crippen LogP contribution in [0.2, 0.25) is 0 Å². The molecule has 1 heterocycles. The van der Waals surface area contributed by atoms with Crippen LogP contribution >= 0.6 is 11.3 Å². The smallest absolute Gasteiger partial charge is 0.0424 e. The van der Waals surface area contributed by atoms with Crippen molar-refractivity contribution in [2.45, 2.75) is 20.3 Å². The Bertz CT molecular complexity index is 1100. The lowest BCUT2D eigenvalue weighted by Crippen LogP contribution is -1.82. The first-order chi connectivity index (χ1) is 11.7. The lowest BCUT2D eigenvalue weighted by molar-refractivity contribution is 1.25. The molecule has 0 amide bonds. The zero-order valence-corrected chi connectivity index (χ0v) is 14.7. The molecular formula is C23H18S. The first-order valence-electron chi connectivity index (χ1n) is 8.42. The molecule has 5 rings (SSSR count). The molecule has 0 spiro atoms. The second kappa shape index (κ2) is 5.06. The molecule has 1 aromatic heterocycles. The first kappa shape index (κ1) is 14.0. The highest BCUT2D eigenvalue weighted by Gasteiger charge is 2.19. The van der Waals surface area contributed by atoms with Crippen molar-refractivity contribution < 1.29 is 0 Å². The quantitative estimate of drug-likeness (QED) is 0.319. The van der Waals surface area contributed by atoms with E-state index in [-0.39, 0.29) is 0 Å². The Balaban J connectivity index is 1.67. The van der Waals surface area contributed by atoms with Crippen LogP contribution in [0.1, 0.15) is 21.6 Å². The summed E-state index contributed by atoms with van der Waals surface area (Å²) in [4.78, 5) is 2.80. The van der Waals surface area contributed by atoms with Crippen LogP contribution in [0.5, 0.6) is 0 Å². The van der Waals surface area contributed by atoms with Gasteiger partial charge in [-0.05, 0) is 59.5 Å². The predicted molar refractivity (Wildman–Crippen MR) is 105 cm³/mol. The number of hydrogen-bond donors (Lipinski definition) is 0. The lowest BCUT2D eigenvalue weighted by Gasteiger charge is -2.05. The van der Waals surface area contributed by atoms with E-state index in [4.69, 9.17) is 0 Å². The Kier molecular flexibility index (Phi) is 2.95. The number of benzene rings is 3. The van der Waals surface area contributed by atoms with E-state index in [1.807, 2.05) is 11.3 Å². The lowest BCUT2D eigenvalue weighted by atomic mass is 10.0. The third-order valence-electron chi connectivity index (χ3n) is 5.11. The van der Waals surface area contributed by atoms with Gasteiger partial charge in [0.05, 0.1) is 0 Å². The van der Waals surface area contributed by atoms with Crippen LogP contribution in [0.25, 0.3) is 32.3 Å². The maximum Gasteiger partial charge on any atom is 0.0424 e. The maximum absolute atomic E-state index is 2.41. The Morgan fingerprint density at radius 3 is 2.29 bits per heavy atom. The van der Waals surface area contributed by atoms with E-state index in [1.54, 1.807) is 0 Å². The Labute approximate surface area is 146 Å². The third-order valence-corrected chi connectivity index (χ3v) is 6.29. The average Bonchev–Trinajstić information content (AvgIpc) is 3.12. The molecule has 1 heteroatoms. The van der Waals surface area contributed by atoms with E-state index in [9.17, 15) is 0 Å². The third kappa shape index (κ3) is 1.98.